The Morgan fingerprint density at radius 2 is 1.77 bits per heavy atom. The number of benzene rings is 3. The fourth-order valence-electron chi connectivity index (χ4n) is 3.08. The number of nitro benzene ring substituents is 1. The molecule has 2 amide bonds. The van der Waals surface area contributed by atoms with Gasteiger partial charge in [-0.3, -0.25) is 19.7 Å². The minimum absolute atomic E-state index is 0.0780. The zero-order chi connectivity index (χ0) is 24.8. The summed E-state index contributed by atoms with van der Waals surface area (Å²) in [4.78, 5) is 35.8. The van der Waals surface area contributed by atoms with Gasteiger partial charge in [-0.25, -0.2) is 5.43 Å². The minimum atomic E-state index is -0.791. The Balaban J connectivity index is 1.57. The molecular weight excluding hydrogens is 456 g/mol. The number of carbonyl (C=O) groups excluding carboxylic acids is 2. The van der Waals surface area contributed by atoms with Gasteiger partial charge in [-0.1, -0.05) is 36.1 Å². The van der Waals surface area contributed by atoms with E-state index in [0.717, 1.165) is 24.4 Å². The Hall–Kier alpha value is -5.19. The third kappa shape index (κ3) is 5.60. The van der Waals surface area contributed by atoms with E-state index in [9.17, 15) is 24.8 Å². The normalized spacial score (nSPS) is 12.4. The van der Waals surface area contributed by atoms with Crippen LogP contribution in [-0.4, -0.2) is 29.7 Å². The van der Waals surface area contributed by atoms with Crippen molar-refractivity contribution in [1.82, 2.24) is 10.7 Å². The molecule has 4 rings (SSSR count). The van der Waals surface area contributed by atoms with E-state index >= 15 is 0 Å². The van der Waals surface area contributed by atoms with Gasteiger partial charge in [0.05, 0.1) is 11.1 Å². The highest BCUT2D eigenvalue weighted by atomic mass is 16.7. The number of ether oxygens (including phenoxy) is 2. The van der Waals surface area contributed by atoms with Crippen LogP contribution in [0.1, 0.15) is 21.5 Å². The molecule has 0 spiro atoms. The molecule has 0 aromatic heterocycles. The van der Waals surface area contributed by atoms with Crippen LogP contribution < -0.4 is 25.3 Å². The highest BCUT2D eigenvalue weighted by Gasteiger charge is 2.17. The molecule has 0 fully saturated rings. The van der Waals surface area contributed by atoms with Crippen LogP contribution >= 0.6 is 0 Å². The van der Waals surface area contributed by atoms with Gasteiger partial charge in [0.25, 0.3) is 17.5 Å². The van der Waals surface area contributed by atoms with E-state index in [0.29, 0.717) is 22.6 Å². The molecule has 0 atom stereocenters. The number of hydrogen-bond donors (Lipinski definition) is 2. The average molecular weight is 473 g/mol. The van der Waals surface area contributed by atoms with Crippen LogP contribution in [0.25, 0.3) is 6.08 Å². The van der Waals surface area contributed by atoms with Crippen LogP contribution in [0, 0.1) is 10.1 Å². The van der Waals surface area contributed by atoms with E-state index in [1.807, 2.05) is 0 Å². The summed E-state index contributed by atoms with van der Waals surface area (Å²) in [5, 5.41) is 29.1. The van der Waals surface area contributed by atoms with Crippen molar-refractivity contribution in [3.05, 3.63) is 99.2 Å². The van der Waals surface area contributed by atoms with E-state index in [-0.39, 0.29) is 23.7 Å². The topological polar surface area (TPSA) is 155 Å². The number of nitro groups is 1. The largest absolute Gasteiger partial charge is 0.872 e. The number of amides is 2. The van der Waals surface area contributed by atoms with Crippen LogP contribution in [0.15, 0.2) is 77.5 Å². The Morgan fingerprint density at radius 3 is 2.54 bits per heavy atom. The Labute approximate surface area is 198 Å². The summed E-state index contributed by atoms with van der Waals surface area (Å²) in [6.07, 6.45) is 2.41. The van der Waals surface area contributed by atoms with Crippen LogP contribution in [0.2, 0.25) is 0 Å². The number of nitrogens with one attached hydrogen (secondary N) is 2. The molecule has 1 aliphatic rings. The molecule has 3 aromatic rings. The van der Waals surface area contributed by atoms with E-state index in [1.165, 1.54) is 6.08 Å². The first kappa shape index (κ1) is 23.0. The number of non-ortho nitro benzene ring substituents is 1. The predicted molar refractivity (Wildman–Crippen MR) is 123 cm³/mol. The third-order valence-electron chi connectivity index (χ3n) is 4.81. The Bertz CT molecular complexity index is 1350. The molecule has 0 saturated heterocycles. The lowest BCUT2D eigenvalue weighted by molar-refractivity contribution is -0.385. The summed E-state index contributed by atoms with van der Waals surface area (Å²) in [6, 6.07) is 16.4. The van der Waals surface area contributed by atoms with Crippen molar-refractivity contribution in [2.24, 2.45) is 5.10 Å². The number of hydrazone groups is 1. The van der Waals surface area contributed by atoms with Crippen molar-refractivity contribution in [3.63, 3.8) is 0 Å². The fourth-order valence-corrected chi connectivity index (χ4v) is 3.08. The number of carbonyl (C=O) groups is 2. The highest BCUT2D eigenvalue weighted by molar-refractivity contribution is 6.05. The summed E-state index contributed by atoms with van der Waals surface area (Å²) in [5.74, 6) is -0.795. The van der Waals surface area contributed by atoms with E-state index in [2.05, 4.69) is 15.8 Å². The molecule has 3 aromatic carbocycles. The second-order valence-corrected chi connectivity index (χ2v) is 7.17. The van der Waals surface area contributed by atoms with Gasteiger partial charge in [0.1, 0.15) is 5.70 Å². The van der Waals surface area contributed by atoms with Gasteiger partial charge in [-0.05, 0) is 41.5 Å². The number of rotatable bonds is 7. The quantitative estimate of drug-likeness (QED) is 0.231. The van der Waals surface area contributed by atoms with Crippen LogP contribution in [-0.2, 0) is 4.79 Å². The number of nitrogens with zero attached hydrogens (tertiary/aromatic N) is 2. The van der Waals surface area contributed by atoms with Crippen molar-refractivity contribution in [3.8, 4) is 17.2 Å². The SMILES string of the molecule is O=C(NN=Cc1cc([N+](=O)[O-])ccc1[O-])/C(=C\c1ccc2c(c1)OCO2)NC(=O)c1ccccc1. The lowest BCUT2D eigenvalue weighted by atomic mass is 10.1. The summed E-state index contributed by atoms with van der Waals surface area (Å²) in [7, 11) is 0. The van der Waals surface area contributed by atoms with Gasteiger partial charge < -0.3 is 19.9 Å². The zero-order valence-electron chi connectivity index (χ0n) is 18.0. The zero-order valence-corrected chi connectivity index (χ0v) is 18.0. The molecule has 0 radical (unpaired) electrons. The highest BCUT2D eigenvalue weighted by Crippen LogP contribution is 2.33. The van der Waals surface area contributed by atoms with E-state index < -0.39 is 22.5 Å². The van der Waals surface area contributed by atoms with Gasteiger partial charge in [0, 0.05) is 17.7 Å². The van der Waals surface area contributed by atoms with Crippen molar-refractivity contribution < 1.29 is 29.1 Å². The molecule has 2 N–H and O–H groups in total. The molecule has 1 aliphatic heterocycles. The molecule has 1 heterocycles. The molecule has 11 heteroatoms. The molecular formula is C24H17N4O7-. The lowest BCUT2D eigenvalue weighted by Gasteiger charge is -2.10. The smallest absolute Gasteiger partial charge is 0.287 e. The second kappa shape index (κ2) is 10.2. The summed E-state index contributed by atoms with van der Waals surface area (Å²) < 4.78 is 10.6. The van der Waals surface area contributed by atoms with Gasteiger partial charge >= 0.3 is 0 Å². The van der Waals surface area contributed by atoms with Gasteiger partial charge in [-0.2, -0.15) is 5.10 Å². The van der Waals surface area contributed by atoms with Crippen LogP contribution in [0.5, 0.6) is 17.2 Å². The number of hydrogen-bond acceptors (Lipinski definition) is 8. The maximum absolute atomic E-state index is 12.8. The van der Waals surface area contributed by atoms with Gasteiger partial charge in [0.15, 0.2) is 11.5 Å². The molecule has 0 aliphatic carbocycles. The van der Waals surface area contributed by atoms with E-state index in [4.69, 9.17) is 9.47 Å². The Kier molecular flexibility index (Phi) is 6.68. The van der Waals surface area contributed by atoms with Crippen molar-refractivity contribution in [2.75, 3.05) is 6.79 Å². The fraction of sp³-hybridized carbons (Fsp3) is 0.0417. The molecule has 0 saturated carbocycles. The van der Waals surface area contributed by atoms with Gasteiger partial charge in [0.2, 0.25) is 6.79 Å². The minimum Gasteiger partial charge on any atom is -0.872 e. The maximum Gasteiger partial charge on any atom is 0.287 e. The Morgan fingerprint density at radius 1 is 1.00 bits per heavy atom. The molecule has 35 heavy (non-hydrogen) atoms. The summed E-state index contributed by atoms with van der Waals surface area (Å²) in [5.41, 5.74) is 2.56. The van der Waals surface area contributed by atoms with Crippen molar-refractivity contribution >= 4 is 29.8 Å². The van der Waals surface area contributed by atoms with Crippen LogP contribution in [0.4, 0.5) is 5.69 Å². The first-order chi connectivity index (χ1) is 16.9. The van der Waals surface area contributed by atoms with Crippen molar-refractivity contribution in [1.29, 1.82) is 0 Å². The average Bonchev–Trinajstić information content (AvgIpc) is 3.33. The van der Waals surface area contributed by atoms with Crippen LogP contribution in [0.3, 0.4) is 0 Å². The number of fused-ring (bicyclic) bond motifs is 1. The molecule has 176 valence electrons. The summed E-state index contributed by atoms with van der Waals surface area (Å²) in [6.45, 7) is 0.0780. The second-order valence-electron chi connectivity index (χ2n) is 7.17. The van der Waals surface area contributed by atoms with Crippen molar-refractivity contribution in [2.45, 2.75) is 0 Å². The molecule has 11 nitrogen and oxygen atoms in total. The molecule has 0 bridgehead atoms. The first-order valence-corrected chi connectivity index (χ1v) is 10.2. The van der Waals surface area contributed by atoms with E-state index in [1.54, 1.807) is 48.5 Å². The standard InChI is InChI=1S/C24H18N4O7/c29-20-8-7-18(28(32)33)12-17(20)13-25-27-24(31)19(26-23(30)16-4-2-1-3-5-16)10-15-6-9-21-22(11-15)35-14-34-21/h1-13,29H,14H2,(H,26,30)(H,27,31)/p-1/b19-10+,25-13?. The third-order valence-corrected chi connectivity index (χ3v) is 4.81. The predicted octanol–water partition coefficient (Wildman–Crippen LogP) is 2.32. The lowest BCUT2D eigenvalue weighted by Crippen LogP contribution is -2.32. The summed E-state index contributed by atoms with van der Waals surface area (Å²) >= 11 is 0. The monoisotopic (exact) mass is 473 g/mol. The van der Waals surface area contributed by atoms with Gasteiger partial charge in [-0.15, -0.1) is 0 Å². The maximum atomic E-state index is 12.8. The first-order valence-electron chi connectivity index (χ1n) is 10.2. The molecule has 0 unspecified atom stereocenters.